The van der Waals surface area contributed by atoms with Gasteiger partial charge < -0.3 is 20.9 Å². The SMILES string of the molecule is C[C@@H](CN)NC(=O)c1ccnc(N2CCN(C)CC2)c1. The summed E-state index contributed by atoms with van der Waals surface area (Å²) in [5.41, 5.74) is 6.15. The zero-order chi connectivity index (χ0) is 14.5. The number of carbonyl (C=O) groups is 1. The van der Waals surface area contributed by atoms with Crippen molar-refractivity contribution in [2.24, 2.45) is 5.73 Å². The molecule has 1 aliphatic heterocycles. The molecule has 2 rings (SSSR count). The lowest BCUT2D eigenvalue weighted by Gasteiger charge is -2.33. The van der Waals surface area contributed by atoms with Crippen LogP contribution in [-0.2, 0) is 0 Å². The molecule has 0 bridgehead atoms. The fourth-order valence-electron chi connectivity index (χ4n) is 2.13. The van der Waals surface area contributed by atoms with Crippen LogP contribution in [0.1, 0.15) is 17.3 Å². The van der Waals surface area contributed by atoms with E-state index in [4.69, 9.17) is 5.73 Å². The van der Waals surface area contributed by atoms with Crippen molar-refractivity contribution >= 4 is 11.7 Å². The molecule has 6 heteroatoms. The van der Waals surface area contributed by atoms with Crippen LogP contribution in [0.15, 0.2) is 18.3 Å². The average molecular weight is 277 g/mol. The number of anilines is 1. The van der Waals surface area contributed by atoms with Crippen LogP contribution < -0.4 is 16.0 Å². The highest BCUT2D eigenvalue weighted by atomic mass is 16.1. The van der Waals surface area contributed by atoms with Crippen LogP contribution in [0.25, 0.3) is 0 Å². The number of aromatic nitrogens is 1. The number of amides is 1. The van der Waals surface area contributed by atoms with Gasteiger partial charge in [0.15, 0.2) is 0 Å². The van der Waals surface area contributed by atoms with Gasteiger partial charge in [0.1, 0.15) is 5.82 Å². The average Bonchev–Trinajstić information content (AvgIpc) is 2.48. The second kappa shape index (κ2) is 6.67. The molecular weight excluding hydrogens is 254 g/mol. The fraction of sp³-hybridized carbons (Fsp3) is 0.571. The molecule has 110 valence electrons. The largest absolute Gasteiger partial charge is 0.354 e. The van der Waals surface area contributed by atoms with E-state index in [1.165, 1.54) is 0 Å². The van der Waals surface area contributed by atoms with E-state index in [0.717, 1.165) is 32.0 Å². The quantitative estimate of drug-likeness (QED) is 0.804. The van der Waals surface area contributed by atoms with E-state index in [-0.39, 0.29) is 11.9 Å². The number of carbonyl (C=O) groups excluding carboxylic acids is 1. The van der Waals surface area contributed by atoms with Crippen molar-refractivity contribution in [2.45, 2.75) is 13.0 Å². The Morgan fingerprint density at radius 1 is 1.45 bits per heavy atom. The molecule has 1 fully saturated rings. The molecule has 0 spiro atoms. The normalized spacial score (nSPS) is 17.9. The van der Waals surface area contributed by atoms with Crippen LogP contribution in [0.3, 0.4) is 0 Å². The van der Waals surface area contributed by atoms with E-state index >= 15 is 0 Å². The highest BCUT2D eigenvalue weighted by Gasteiger charge is 2.17. The van der Waals surface area contributed by atoms with Crippen molar-refractivity contribution in [3.05, 3.63) is 23.9 Å². The molecular formula is C14H23N5O. The molecule has 2 heterocycles. The van der Waals surface area contributed by atoms with Gasteiger partial charge in [-0.3, -0.25) is 4.79 Å². The third-order valence-corrected chi connectivity index (χ3v) is 3.57. The predicted octanol–water partition coefficient (Wildman–Crippen LogP) is -0.0896. The summed E-state index contributed by atoms with van der Waals surface area (Å²) in [4.78, 5) is 21.0. The third kappa shape index (κ3) is 3.68. The lowest BCUT2D eigenvalue weighted by Crippen LogP contribution is -2.45. The zero-order valence-corrected chi connectivity index (χ0v) is 12.2. The highest BCUT2D eigenvalue weighted by Crippen LogP contribution is 2.14. The lowest BCUT2D eigenvalue weighted by molar-refractivity contribution is 0.0941. The maximum absolute atomic E-state index is 12.1. The Kier molecular flexibility index (Phi) is 4.92. The first-order valence-electron chi connectivity index (χ1n) is 7.00. The second-order valence-corrected chi connectivity index (χ2v) is 5.30. The molecule has 0 radical (unpaired) electrons. The maximum Gasteiger partial charge on any atom is 0.251 e. The van der Waals surface area contributed by atoms with Gasteiger partial charge in [0.25, 0.3) is 5.91 Å². The Hall–Kier alpha value is -1.66. The number of rotatable bonds is 4. The van der Waals surface area contributed by atoms with Gasteiger partial charge in [0, 0.05) is 50.5 Å². The van der Waals surface area contributed by atoms with E-state index in [9.17, 15) is 4.79 Å². The van der Waals surface area contributed by atoms with Gasteiger partial charge in [-0.05, 0) is 26.1 Å². The van der Waals surface area contributed by atoms with Crippen molar-refractivity contribution in [2.75, 3.05) is 44.7 Å². The molecule has 1 atom stereocenters. The zero-order valence-electron chi connectivity index (χ0n) is 12.2. The van der Waals surface area contributed by atoms with Gasteiger partial charge in [0.05, 0.1) is 0 Å². The monoisotopic (exact) mass is 277 g/mol. The van der Waals surface area contributed by atoms with Gasteiger partial charge in [-0.25, -0.2) is 4.98 Å². The minimum absolute atomic E-state index is 0.0252. The van der Waals surface area contributed by atoms with Crippen molar-refractivity contribution in [3.63, 3.8) is 0 Å². The van der Waals surface area contributed by atoms with Crippen LogP contribution in [0, 0.1) is 0 Å². The highest BCUT2D eigenvalue weighted by molar-refractivity contribution is 5.95. The molecule has 0 saturated carbocycles. The minimum atomic E-state index is -0.0965. The van der Waals surface area contributed by atoms with E-state index < -0.39 is 0 Å². The standard InChI is InChI=1S/C14H23N5O/c1-11(10-15)17-14(20)12-3-4-16-13(9-12)19-7-5-18(2)6-8-19/h3-4,9,11H,5-8,10,15H2,1-2H3,(H,17,20)/t11-/m0/s1. The summed E-state index contributed by atoms with van der Waals surface area (Å²) in [5, 5.41) is 2.86. The number of nitrogens with one attached hydrogen (secondary N) is 1. The number of likely N-dealkylation sites (N-methyl/N-ethyl adjacent to an activating group) is 1. The molecule has 1 saturated heterocycles. The topological polar surface area (TPSA) is 74.5 Å². The van der Waals surface area contributed by atoms with Gasteiger partial charge in [-0.15, -0.1) is 0 Å². The summed E-state index contributed by atoms with van der Waals surface area (Å²) in [6, 6.07) is 3.56. The second-order valence-electron chi connectivity index (χ2n) is 5.30. The van der Waals surface area contributed by atoms with Crippen molar-refractivity contribution in [3.8, 4) is 0 Å². The van der Waals surface area contributed by atoms with E-state index in [1.807, 2.05) is 13.0 Å². The number of nitrogens with two attached hydrogens (primary N) is 1. The van der Waals surface area contributed by atoms with Gasteiger partial charge in [0.2, 0.25) is 0 Å². The van der Waals surface area contributed by atoms with Crippen LogP contribution in [-0.4, -0.2) is 61.6 Å². The predicted molar refractivity (Wildman–Crippen MR) is 79.9 cm³/mol. The number of hydrogen-bond donors (Lipinski definition) is 2. The Balaban J connectivity index is 2.06. The molecule has 1 aliphatic rings. The Labute approximate surface area is 120 Å². The van der Waals surface area contributed by atoms with Gasteiger partial charge in [-0.2, -0.15) is 0 Å². The summed E-state index contributed by atoms with van der Waals surface area (Å²) in [5.74, 6) is 0.770. The first kappa shape index (κ1) is 14.7. The first-order chi connectivity index (χ1) is 9.60. The molecule has 1 aromatic heterocycles. The number of piperazine rings is 1. The smallest absolute Gasteiger partial charge is 0.251 e. The van der Waals surface area contributed by atoms with Gasteiger partial charge in [-0.1, -0.05) is 0 Å². The summed E-state index contributed by atoms with van der Waals surface area (Å²) in [7, 11) is 2.11. The maximum atomic E-state index is 12.1. The Morgan fingerprint density at radius 3 is 2.80 bits per heavy atom. The lowest BCUT2D eigenvalue weighted by atomic mass is 10.2. The Bertz CT molecular complexity index is 457. The summed E-state index contributed by atoms with van der Waals surface area (Å²) >= 11 is 0. The summed E-state index contributed by atoms with van der Waals surface area (Å²) in [6.07, 6.45) is 1.69. The van der Waals surface area contributed by atoms with Crippen molar-refractivity contribution in [1.82, 2.24) is 15.2 Å². The molecule has 1 aromatic rings. The molecule has 0 aromatic carbocycles. The van der Waals surface area contributed by atoms with Crippen LogP contribution in [0.4, 0.5) is 5.82 Å². The Morgan fingerprint density at radius 2 is 2.15 bits per heavy atom. The number of nitrogens with zero attached hydrogens (tertiary/aromatic N) is 3. The fourth-order valence-corrected chi connectivity index (χ4v) is 2.13. The van der Waals surface area contributed by atoms with E-state index in [0.29, 0.717) is 12.1 Å². The summed E-state index contributed by atoms with van der Waals surface area (Å²) in [6.45, 7) is 6.23. The van der Waals surface area contributed by atoms with Crippen LogP contribution in [0.2, 0.25) is 0 Å². The molecule has 3 N–H and O–H groups in total. The first-order valence-corrected chi connectivity index (χ1v) is 7.00. The number of hydrogen-bond acceptors (Lipinski definition) is 5. The van der Waals surface area contributed by atoms with E-state index in [2.05, 4.69) is 27.1 Å². The molecule has 0 aliphatic carbocycles. The van der Waals surface area contributed by atoms with Crippen molar-refractivity contribution < 1.29 is 4.79 Å². The molecule has 1 amide bonds. The third-order valence-electron chi connectivity index (χ3n) is 3.57. The molecule has 6 nitrogen and oxygen atoms in total. The minimum Gasteiger partial charge on any atom is -0.354 e. The van der Waals surface area contributed by atoms with E-state index in [1.54, 1.807) is 12.3 Å². The molecule has 0 unspecified atom stereocenters. The van der Waals surface area contributed by atoms with Crippen LogP contribution >= 0.6 is 0 Å². The summed E-state index contributed by atoms with van der Waals surface area (Å²) < 4.78 is 0. The van der Waals surface area contributed by atoms with Gasteiger partial charge >= 0.3 is 0 Å². The number of pyridine rings is 1. The van der Waals surface area contributed by atoms with Crippen LogP contribution in [0.5, 0.6) is 0 Å². The molecule has 20 heavy (non-hydrogen) atoms. The van der Waals surface area contributed by atoms with Crippen molar-refractivity contribution in [1.29, 1.82) is 0 Å².